The fourth-order valence-electron chi connectivity index (χ4n) is 1.80. The van der Waals surface area contributed by atoms with Gasteiger partial charge in [0.2, 0.25) is 5.76 Å². The molecule has 90 valence electrons. The molecule has 0 aliphatic carbocycles. The number of furan rings is 1. The Bertz CT molecular complexity index is 712. The van der Waals surface area contributed by atoms with Gasteiger partial charge in [0.1, 0.15) is 11.3 Å². The predicted octanol–water partition coefficient (Wildman–Crippen LogP) is 2.38. The summed E-state index contributed by atoms with van der Waals surface area (Å²) in [7, 11) is 1.32. The van der Waals surface area contributed by atoms with Crippen LogP contribution >= 0.6 is 0 Å². The lowest BCUT2D eigenvalue weighted by atomic mass is 10.3. The minimum atomic E-state index is -0.491. The molecule has 0 fully saturated rings. The van der Waals surface area contributed by atoms with Crippen molar-refractivity contribution in [2.24, 2.45) is 0 Å². The summed E-state index contributed by atoms with van der Waals surface area (Å²) in [5.41, 5.74) is 1.62. The number of aromatic nitrogens is 2. The summed E-state index contributed by atoms with van der Waals surface area (Å²) in [6.45, 7) is 0. The summed E-state index contributed by atoms with van der Waals surface area (Å²) in [6, 6.07) is 9.02. The number of esters is 1. The number of nitrogens with zero attached hydrogens (tertiary/aromatic N) is 2. The Labute approximate surface area is 103 Å². The molecule has 0 saturated heterocycles. The largest absolute Gasteiger partial charge is 0.463 e. The van der Waals surface area contributed by atoms with Crippen LogP contribution in [0.4, 0.5) is 0 Å². The second kappa shape index (κ2) is 4.03. The first-order valence-corrected chi connectivity index (χ1v) is 5.40. The number of ether oxygens (including phenoxy) is 1. The Hall–Kier alpha value is -2.56. The molecule has 0 atom stereocenters. The van der Waals surface area contributed by atoms with Gasteiger partial charge in [-0.1, -0.05) is 6.07 Å². The van der Waals surface area contributed by atoms with Gasteiger partial charge in [-0.05, 0) is 24.3 Å². The topological polar surface area (TPSA) is 56.7 Å². The number of methoxy groups -OCH3 is 1. The molecule has 5 nitrogen and oxygen atoms in total. The molecule has 3 aromatic heterocycles. The summed E-state index contributed by atoms with van der Waals surface area (Å²) in [6.07, 6.45) is 3.59. The van der Waals surface area contributed by atoms with E-state index in [4.69, 9.17) is 4.42 Å². The lowest BCUT2D eigenvalue weighted by molar-refractivity contribution is 0.0566. The molecule has 0 bridgehead atoms. The van der Waals surface area contributed by atoms with E-state index >= 15 is 0 Å². The fourth-order valence-corrected chi connectivity index (χ4v) is 1.80. The van der Waals surface area contributed by atoms with Crippen LogP contribution in [0, 0.1) is 0 Å². The molecular weight excluding hydrogens is 232 g/mol. The summed E-state index contributed by atoms with van der Waals surface area (Å²) in [4.78, 5) is 15.6. The Balaban J connectivity index is 2.09. The second-order valence-corrected chi connectivity index (χ2v) is 3.73. The SMILES string of the molecule is COC(=O)c1ccc(-c2cnc3ccccn23)o1. The van der Waals surface area contributed by atoms with Crippen molar-refractivity contribution in [3.05, 3.63) is 48.5 Å². The van der Waals surface area contributed by atoms with E-state index in [0.717, 1.165) is 11.3 Å². The molecular formula is C13H10N2O3. The predicted molar refractivity (Wildman–Crippen MR) is 64.2 cm³/mol. The van der Waals surface area contributed by atoms with E-state index in [2.05, 4.69) is 9.72 Å². The molecule has 18 heavy (non-hydrogen) atoms. The monoisotopic (exact) mass is 242 g/mol. The zero-order valence-electron chi connectivity index (χ0n) is 9.66. The number of imidazole rings is 1. The van der Waals surface area contributed by atoms with Gasteiger partial charge in [0, 0.05) is 6.20 Å². The number of hydrogen-bond donors (Lipinski definition) is 0. The van der Waals surface area contributed by atoms with Crippen LogP contribution in [-0.4, -0.2) is 22.5 Å². The van der Waals surface area contributed by atoms with Gasteiger partial charge in [-0.2, -0.15) is 0 Å². The van der Waals surface area contributed by atoms with Crippen LogP contribution in [0.25, 0.3) is 17.1 Å². The smallest absolute Gasteiger partial charge is 0.373 e. The van der Waals surface area contributed by atoms with E-state index < -0.39 is 5.97 Å². The summed E-state index contributed by atoms with van der Waals surface area (Å²) >= 11 is 0. The Kier molecular flexibility index (Phi) is 2.37. The standard InChI is InChI=1S/C13H10N2O3/c1-17-13(16)11-6-5-10(18-11)9-8-14-12-4-2-3-7-15(9)12/h2-8H,1H3. The number of hydrogen-bond acceptors (Lipinski definition) is 4. The number of carbonyl (C=O) groups is 1. The zero-order valence-corrected chi connectivity index (χ0v) is 9.66. The van der Waals surface area contributed by atoms with Crippen molar-refractivity contribution in [1.29, 1.82) is 0 Å². The highest BCUT2D eigenvalue weighted by Gasteiger charge is 2.14. The maximum Gasteiger partial charge on any atom is 0.373 e. The third-order valence-corrected chi connectivity index (χ3v) is 2.66. The minimum Gasteiger partial charge on any atom is -0.463 e. The quantitative estimate of drug-likeness (QED) is 0.647. The highest BCUT2D eigenvalue weighted by atomic mass is 16.5. The molecule has 3 heterocycles. The highest BCUT2D eigenvalue weighted by molar-refractivity contribution is 5.86. The highest BCUT2D eigenvalue weighted by Crippen LogP contribution is 2.23. The molecule has 3 aromatic rings. The van der Waals surface area contributed by atoms with Crippen LogP contribution in [0.5, 0.6) is 0 Å². The first-order valence-electron chi connectivity index (χ1n) is 5.40. The van der Waals surface area contributed by atoms with Gasteiger partial charge in [-0.3, -0.25) is 4.40 Å². The van der Waals surface area contributed by atoms with Crippen LogP contribution < -0.4 is 0 Å². The molecule has 0 saturated carbocycles. The maximum absolute atomic E-state index is 11.3. The number of fused-ring (bicyclic) bond motifs is 1. The van der Waals surface area contributed by atoms with Crippen LogP contribution in [-0.2, 0) is 4.74 Å². The lowest BCUT2D eigenvalue weighted by Crippen LogP contribution is -1.98. The van der Waals surface area contributed by atoms with E-state index in [1.165, 1.54) is 7.11 Å². The van der Waals surface area contributed by atoms with E-state index in [-0.39, 0.29) is 5.76 Å². The van der Waals surface area contributed by atoms with E-state index in [1.54, 1.807) is 18.3 Å². The van der Waals surface area contributed by atoms with Crippen molar-refractivity contribution in [2.45, 2.75) is 0 Å². The molecule has 0 aliphatic rings. The fraction of sp³-hybridized carbons (Fsp3) is 0.0769. The van der Waals surface area contributed by atoms with Crippen molar-refractivity contribution in [2.75, 3.05) is 7.11 Å². The molecule has 0 aromatic carbocycles. The van der Waals surface area contributed by atoms with Crippen molar-refractivity contribution >= 4 is 11.6 Å². The molecule has 0 aliphatic heterocycles. The third kappa shape index (κ3) is 1.57. The van der Waals surface area contributed by atoms with Crippen LogP contribution in [0.3, 0.4) is 0 Å². The third-order valence-electron chi connectivity index (χ3n) is 2.66. The number of pyridine rings is 1. The van der Waals surface area contributed by atoms with Crippen molar-refractivity contribution in [3.8, 4) is 11.5 Å². The van der Waals surface area contributed by atoms with Crippen LogP contribution in [0.1, 0.15) is 10.6 Å². The molecule has 0 spiro atoms. The minimum absolute atomic E-state index is 0.179. The molecule has 0 amide bonds. The lowest BCUT2D eigenvalue weighted by Gasteiger charge is -1.97. The Morgan fingerprint density at radius 3 is 3.06 bits per heavy atom. The van der Waals surface area contributed by atoms with Crippen molar-refractivity contribution in [3.63, 3.8) is 0 Å². The first kappa shape index (κ1) is 10.6. The van der Waals surface area contributed by atoms with Crippen LogP contribution in [0.2, 0.25) is 0 Å². The molecule has 5 heteroatoms. The summed E-state index contributed by atoms with van der Waals surface area (Å²) in [5.74, 6) is 0.266. The van der Waals surface area contributed by atoms with Gasteiger partial charge < -0.3 is 9.15 Å². The normalized spacial score (nSPS) is 10.7. The van der Waals surface area contributed by atoms with E-state index in [9.17, 15) is 4.79 Å². The second-order valence-electron chi connectivity index (χ2n) is 3.73. The van der Waals surface area contributed by atoms with Gasteiger partial charge >= 0.3 is 5.97 Å². The van der Waals surface area contributed by atoms with Gasteiger partial charge in [0.05, 0.1) is 13.3 Å². The molecule has 0 radical (unpaired) electrons. The molecule has 0 unspecified atom stereocenters. The van der Waals surface area contributed by atoms with Crippen LogP contribution in [0.15, 0.2) is 47.1 Å². The van der Waals surface area contributed by atoms with Gasteiger partial charge in [0.15, 0.2) is 5.76 Å². The maximum atomic E-state index is 11.3. The average Bonchev–Trinajstić information content (AvgIpc) is 3.03. The Morgan fingerprint density at radius 2 is 2.22 bits per heavy atom. The van der Waals surface area contributed by atoms with E-state index in [0.29, 0.717) is 5.76 Å². The molecule has 3 rings (SSSR count). The Morgan fingerprint density at radius 1 is 1.33 bits per heavy atom. The summed E-state index contributed by atoms with van der Waals surface area (Å²) in [5, 5.41) is 0. The van der Waals surface area contributed by atoms with Crippen molar-refractivity contribution in [1.82, 2.24) is 9.38 Å². The average molecular weight is 242 g/mol. The van der Waals surface area contributed by atoms with Gasteiger partial charge in [-0.15, -0.1) is 0 Å². The van der Waals surface area contributed by atoms with E-state index in [1.807, 2.05) is 28.8 Å². The number of rotatable bonds is 2. The van der Waals surface area contributed by atoms with Crippen molar-refractivity contribution < 1.29 is 13.9 Å². The first-order chi connectivity index (χ1) is 8.79. The molecule has 0 N–H and O–H groups in total. The zero-order chi connectivity index (χ0) is 12.5. The van der Waals surface area contributed by atoms with Gasteiger partial charge in [0.25, 0.3) is 0 Å². The summed E-state index contributed by atoms with van der Waals surface area (Å²) < 4.78 is 11.9. The number of carbonyl (C=O) groups excluding carboxylic acids is 1. The van der Waals surface area contributed by atoms with Gasteiger partial charge in [-0.25, -0.2) is 9.78 Å².